The van der Waals surface area contributed by atoms with Gasteiger partial charge in [-0.15, -0.1) is 0 Å². The third kappa shape index (κ3) is 8.12. The summed E-state index contributed by atoms with van der Waals surface area (Å²) in [6.45, 7) is 2.11. The molecule has 0 aliphatic carbocycles. The Morgan fingerprint density at radius 1 is 1.24 bits per heavy atom. The number of hydrogen-bond donors (Lipinski definition) is 2. The minimum Gasteiger partial charge on any atom is -0.444 e. The van der Waals surface area contributed by atoms with Crippen LogP contribution in [0.3, 0.4) is 0 Å². The fourth-order valence-electron chi connectivity index (χ4n) is 3.42. The minimum atomic E-state index is -5.46. The first-order valence-corrected chi connectivity index (χ1v) is 12.1. The SMILES string of the molecule is [2H]C1([2H])N([C@H](Cc2cnn3cc([C@H](COC(C)(C)C(F)(F)F)NC(=O)OC(C)(C)C)nc3c2)OC)C(=O)N[C@]1([2H])C(F)(F)F. The zero-order valence-corrected chi connectivity index (χ0v) is 22.9. The summed E-state index contributed by atoms with van der Waals surface area (Å²) in [4.78, 5) is 29.3. The zero-order valence-electron chi connectivity index (χ0n) is 25.9. The second-order valence-corrected chi connectivity index (χ2v) is 10.5. The first-order valence-electron chi connectivity index (χ1n) is 13.6. The molecule has 2 N–H and O–H groups in total. The van der Waals surface area contributed by atoms with Crippen molar-refractivity contribution in [3.8, 4) is 0 Å². The molecular formula is C24H32F6N6O5. The second-order valence-electron chi connectivity index (χ2n) is 10.5. The van der Waals surface area contributed by atoms with E-state index >= 15 is 0 Å². The fraction of sp³-hybridized carbons (Fsp3) is 0.667. The van der Waals surface area contributed by atoms with Crippen LogP contribution in [0.4, 0.5) is 35.9 Å². The van der Waals surface area contributed by atoms with Gasteiger partial charge in [-0.2, -0.15) is 31.4 Å². The average molecular weight is 602 g/mol. The van der Waals surface area contributed by atoms with Gasteiger partial charge >= 0.3 is 24.5 Å². The van der Waals surface area contributed by atoms with E-state index in [4.69, 9.17) is 18.3 Å². The van der Waals surface area contributed by atoms with Crippen molar-refractivity contribution in [3.05, 3.63) is 29.7 Å². The Labute approximate surface area is 235 Å². The first kappa shape index (κ1) is 27.8. The van der Waals surface area contributed by atoms with Crippen molar-refractivity contribution in [2.24, 2.45) is 0 Å². The third-order valence-corrected chi connectivity index (χ3v) is 5.67. The molecule has 0 radical (unpaired) electrons. The number of methoxy groups -OCH3 is 1. The van der Waals surface area contributed by atoms with Gasteiger partial charge in [0.25, 0.3) is 0 Å². The van der Waals surface area contributed by atoms with Gasteiger partial charge in [-0.05, 0) is 46.2 Å². The van der Waals surface area contributed by atoms with E-state index in [0.29, 0.717) is 0 Å². The summed E-state index contributed by atoms with van der Waals surface area (Å²) in [5.41, 5.74) is -3.24. The molecule has 41 heavy (non-hydrogen) atoms. The number of alkyl carbamates (subject to hydrolysis) is 1. The number of carbonyl (C=O) groups excluding carboxylic acids is 2. The van der Waals surface area contributed by atoms with Crippen LogP contribution in [0.15, 0.2) is 18.5 Å². The monoisotopic (exact) mass is 601 g/mol. The first-order chi connectivity index (χ1) is 19.8. The fourth-order valence-corrected chi connectivity index (χ4v) is 3.42. The summed E-state index contributed by atoms with van der Waals surface area (Å²) in [5, 5.41) is 7.87. The van der Waals surface area contributed by atoms with E-state index in [1.54, 1.807) is 20.8 Å². The summed E-state index contributed by atoms with van der Waals surface area (Å²) in [7, 11) is 1.03. The number of halogens is 6. The highest BCUT2D eigenvalue weighted by atomic mass is 19.4. The molecular weight excluding hydrogens is 566 g/mol. The number of ether oxygens (including phenoxy) is 3. The van der Waals surface area contributed by atoms with Gasteiger partial charge in [0.05, 0.1) is 41.3 Å². The average Bonchev–Trinajstić information content (AvgIpc) is 3.34. The number of hydrogen-bond acceptors (Lipinski definition) is 7. The van der Waals surface area contributed by atoms with Crippen molar-refractivity contribution < 1.29 is 54.3 Å². The van der Waals surface area contributed by atoms with Crippen LogP contribution in [-0.2, 0) is 20.6 Å². The lowest BCUT2D eigenvalue weighted by atomic mass is 10.1. The highest BCUT2D eigenvalue weighted by Crippen LogP contribution is 2.34. The molecule has 230 valence electrons. The second kappa shape index (κ2) is 11.5. The van der Waals surface area contributed by atoms with E-state index in [-0.39, 0.29) is 21.8 Å². The normalized spacial score (nSPS) is 22.5. The van der Waals surface area contributed by atoms with Gasteiger partial charge in [0, 0.05) is 13.5 Å². The van der Waals surface area contributed by atoms with Crippen LogP contribution in [-0.4, -0.2) is 87.6 Å². The number of urea groups is 1. The van der Waals surface area contributed by atoms with Crippen molar-refractivity contribution >= 4 is 17.8 Å². The predicted molar refractivity (Wildman–Crippen MR) is 131 cm³/mol. The smallest absolute Gasteiger partial charge is 0.416 e. The summed E-state index contributed by atoms with van der Waals surface area (Å²) in [5.74, 6) is 0. The van der Waals surface area contributed by atoms with Crippen LogP contribution in [0.1, 0.15) is 56.0 Å². The van der Waals surface area contributed by atoms with Gasteiger partial charge in [-0.25, -0.2) is 19.1 Å². The number of amides is 3. The summed E-state index contributed by atoms with van der Waals surface area (Å²) >= 11 is 0. The number of nitrogens with zero attached hydrogens (tertiary/aromatic N) is 4. The molecule has 0 unspecified atom stereocenters. The molecule has 1 aliphatic heterocycles. The van der Waals surface area contributed by atoms with E-state index in [1.165, 1.54) is 28.3 Å². The third-order valence-electron chi connectivity index (χ3n) is 5.67. The quantitative estimate of drug-likeness (QED) is 0.415. The van der Waals surface area contributed by atoms with E-state index in [2.05, 4.69) is 15.4 Å². The number of aromatic nitrogens is 3. The lowest BCUT2D eigenvalue weighted by Gasteiger charge is -2.30. The molecule has 3 rings (SSSR count). The molecule has 3 amide bonds. The highest BCUT2D eigenvalue weighted by Gasteiger charge is 2.49. The maximum absolute atomic E-state index is 13.5. The predicted octanol–water partition coefficient (Wildman–Crippen LogP) is 4.12. The lowest BCUT2D eigenvalue weighted by Crippen LogP contribution is -2.44. The maximum atomic E-state index is 13.5. The molecule has 0 spiro atoms. The van der Waals surface area contributed by atoms with Crippen molar-refractivity contribution in [1.82, 2.24) is 30.1 Å². The summed E-state index contributed by atoms with van der Waals surface area (Å²) in [6, 6.07) is -5.40. The van der Waals surface area contributed by atoms with Crippen LogP contribution in [0.2, 0.25) is 0 Å². The Kier molecular flexibility index (Phi) is 7.80. The van der Waals surface area contributed by atoms with E-state index < -0.39 is 73.5 Å². The van der Waals surface area contributed by atoms with Gasteiger partial charge < -0.3 is 24.8 Å². The van der Waals surface area contributed by atoms with Crippen LogP contribution in [0.25, 0.3) is 5.65 Å². The van der Waals surface area contributed by atoms with Crippen LogP contribution >= 0.6 is 0 Å². The van der Waals surface area contributed by atoms with Crippen molar-refractivity contribution in [1.29, 1.82) is 0 Å². The topological polar surface area (TPSA) is 119 Å². The number of nitrogens with one attached hydrogen (secondary N) is 2. The molecule has 3 heterocycles. The Hall–Kier alpha value is -3.34. The molecule has 1 saturated heterocycles. The number of carbonyl (C=O) groups is 2. The molecule has 2 aromatic heterocycles. The molecule has 17 heteroatoms. The Balaban J connectivity index is 1.91. The number of imidazole rings is 1. The largest absolute Gasteiger partial charge is 0.444 e. The van der Waals surface area contributed by atoms with Gasteiger partial charge in [-0.3, -0.25) is 4.90 Å². The van der Waals surface area contributed by atoms with Crippen molar-refractivity contribution in [3.63, 3.8) is 0 Å². The molecule has 3 atom stereocenters. The molecule has 1 aliphatic rings. The lowest BCUT2D eigenvalue weighted by molar-refractivity contribution is -0.265. The van der Waals surface area contributed by atoms with Crippen LogP contribution in [0.5, 0.6) is 0 Å². The van der Waals surface area contributed by atoms with Gasteiger partial charge in [0.1, 0.15) is 17.8 Å². The van der Waals surface area contributed by atoms with Gasteiger partial charge in [-0.1, -0.05) is 0 Å². The number of alkyl halides is 6. The minimum absolute atomic E-state index is 0.0150. The Morgan fingerprint density at radius 2 is 1.90 bits per heavy atom. The Bertz CT molecular complexity index is 1380. The molecule has 2 aromatic rings. The molecule has 0 bridgehead atoms. The Morgan fingerprint density at radius 3 is 2.44 bits per heavy atom. The summed E-state index contributed by atoms with van der Waals surface area (Å²) < 4.78 is 121. The van der Waals surface area contributed by atoms with Crippen molar-refractivity contribution in [2.75, 3.05) is 20.2 Å². The van der Waals surface area contributed by atoms with Gasteiger partial charge in [0.15, 0.2) is 11.2 Å². The molecule has 1 fully saturated rings. The van der Waals surface area contributed by atoms with Gasteiger partial charge in [0.2, 0.25) is 0 Å². The van der Waals surface area contributed by atoms with E-state index in [0.717, 1.165) is 21.0 Å². The highest BCUT2D eigenvalue weighted by molar-refractivity contribution is 5.77. The molecule has 0 saturated carbocycles. The molecule has 0 aromatic carbocycles. The maximum Gasteiger partial charge on any atom is 0.416 e. The van der Waals surface area contributed by atoms with E-state index in [1.807, 2.05) is 0 Å². The molecule has 11 nitrogen and oxygen atoms in total. The van der Waals surface area contributed by atoms with E-state index in [9.17, 15) is 35.9 Å². The van der Waals surface area contributed by atoms with Crippen LogP contribution in [0, 0.1) is 0 Å². The number of rotatable bonds is 9. The number of fused-ring (bicyclic) bond motifs is 1. The summed E-state index contributed by atoms with van der Waals surface area (Å²) in [6.07, 6.45) is -10.7. The van der Waals surface area contributed by atoms with Crippen LogP contribution < -0.4 is 10.6 Å². The van der Waals surface area contributed by atoms with Crippen molar-refractivity contribution in [2.45, 2.75) is 82.9 Å². The zero-order chi connectivity index (χ0) is 33.7. The standard InChI is InChI=1S/C24H32F6N6O5/c1-21(2,3)41-20(38)33-15(12-40-22(4,5)24(28,29)30)14-10-36-17(32-14)7-13(9-31-36)8-18(39-6)35-11-16(23(25,26)27)34-19(35)37/h7,9-10,15-16,18H,8,11-12H2,1-6H3,(H,33,38)(H,34,37)/t15-,16-,18-/m0/s1/i11D2,16D.